The normalized spacial score (nSPS) is 9.09. The second kappa shape index (κ2) is 5.70. The summed E-state index contributed by atoms with van der Waals surface area (Å²) in [5, 5.41) is 0.134. The van der Waals surface area contributed by atoms with Gasteiger partial charge in [-0.05, 0) is 0 Å². The van der Waals surface area contributed by atoms with E-state index < -0.39 is 0 Å². The lowest BCUT2D eigenvalue weighted by molar-refractivity contribution is -0.142. The van der Waals surface area contributed by atoms with Crippen molar-refractivity contribution < 1.29 is 9.53 Å². The lowest BCUT2D eigenvalue weighted by Crippen LogP contribution is -2.03. The van der Waals surface area contributed by atoms with Crippen LogP contribution < -0.4 is 0 Å². The lowest BCUT2D eigenvalue weighted by atomic mass is 10.5. The largest absolute Gasteiger partial charge is 0.460 e. The molecule has 64 valence electrons. The minimum atomic E-state index is -0.335. The molecule has 5 heteroatoms. The van der Waals surface area contributed by atoms with E-state index >= 15 is 0 Å². The number of ether oxygens (including phenoxy) is 1. The summed E-state index contributed by atoms with van der Waals surface area (Å²) in [5.74, 6) is -0.335. The molecule has 0 saturated heterocycles. The van der Waals surface area contributed by atoms with Gasteiger partial charge in [-0.15, -0.1) is 0 Å². The van der Waals surface area contributed by atoms with Crippen molar-refractivity contribution in [2.24, 2.45) is 0 Å². The van der Waals surface area contributed by atoms with E-state index in [0.29, 0.717) is 6.42 Å². The van der Waals surface area contributed by atoms with Crippen LogP contribution in [0.2, 0.25) is 0 Å². The van der Waals surface area contributed by atoms with Crippen molar-refractivity contribution in [3.8, 4) is 0 Å². The van der Waals surface area contributed by atoms with Gasteiger partial charge in [0.05, 0.1) is 5.03 Å². The molecule has 0 fully saturated rings. The number of rotatable bonds is 3. The fourth-order valence-electron chi connectivity index (χ4n) is 0.300. The predicted molar refractivity (Wildman–Crippen MR) is 45.8 cm³/mol. The van der Waals surface area contributed by atoms with Crippen LogP contribution in [0.4, 0.5) is 0 Å². The summed E-state index contributed by atoms with van der Waals surface area (Å²) >= 11 is 16.0. The van der Waals surface area contributed by atoms with Crippen molar-refractivity contribution >= 4 is 40.8 Å². The van der Waals surface area contributed by atoms with E-state index in [1.54, 1.807) is 6.92 Å². The summed E-state index contributed by atoms with van der Waals surface area (Å²) in [7, 11) is 0. The van der Waals surface area contributed by atoms with Crippen molar-refractivity contribution in [3.63, 3.8) is 0 Å². The molecule has 0 amide bonds. The van der Waals surface area contributed by atoms with E-state index in [4.69, 9.17) is 34.8 Å². The Bertz CT molecular complexity index is 173. The number of carbonyl (C=O) groups excluding carboxylic acids is 1. The summed E-state index contributed by atoms with van der Waals surface area (Å²) in [4.78, 5) is 10.5. The van der Waals surface area contributed by atoms with Crippen molar-refractivity contribution in [1.29, 1.82) is 0 Å². The van der Waals surface area contributed by atoms with Crippen LogP contribution in [0, 0.1) is 0 Å². The van der Waals surface area contributed by atoms with Crippen molar-refractivity contribution in [2.45, 2.75) is 13.3 Å². The van der Waals surface area contributed by atoms with Crippen LogP contribution in [0.25, 0.3) is 0 Å². The Morgan fingerprint density at radius 1 is 1.36 bits per heavy atom. The van der Waals surface area contributed by atoms with Crippen LogP contribution in [0.3, 0.4) is 0 Å². The van der Waals surface area contributed by atoms with Gasteiger partial charge in [-0.25, -0.2) is 0 Å². The van der Waals surface area contributed by atoms with Gasteiger partial charge in [0, 0.05) is 6.42 Å². The maximum absolute atomic E-state index is 10.5. The Hall–Kier alpha value is 0.0800. The van der Waals surface area contributed by atoms with Gasteiger partial charge in [0.2, 0.25) is 0 Å². The van der Waals surface area contributed by atoms with E-state index in [1.165, 1.54) is 0 Å². The minimum Gasteiger partial charge on any atom is -0.460 e. The lowest BCUT2D eigenvalue weighted by Gasteiger charge is -2.00. The highest BCUT2D eigenvalue weighted by molar-refractivity contribution is 6.59. The van der Waals surface area contributed by atoms with Gasteiger partial charge in [0.1, 0.15) is 11.1 Å². The molecule has 0 aromatic rings. The molecule has 0 spiro atoms. The Morgan fingerprint density at radius 3 is 2.27 bits per heavy atom. The first-order valence-electron chi connectivity index (χ1n) is 2.93. The van der Waals surface area contributed by atoms with Gasteiger partial charge >= 0.3 is 5.97 Å². The molecule has 0 heterocycles. The topological polar surface area (TPSA) is 26.3 Å². The van der Waals surface area contributed by atoms with E-state index in [-0.39, 0.29) is 22.1 Å². The number of hydrogen-bond donors (Lipinski definition) is 0. The molecule has 0 bridgehead atoms. The fraction of sp³-hybridized carbons (Fsp3) is 0.500. The maximum Gasteiger partial charge on any atom is 0.305 e. The molecule has 11 heavy (non-hydrogen) atoms. The van der Waals surface area contributed by atoms with Crippen LogP contribution in [0.15, 0.2) is 9.52 Å². The average molecular weight is 217 g/mol. The number of halogens is 3. The van der Waals surface area contributed by atoms with Gasteiger partial charge < -0.3 is 4.74 Å². The highest BCUT2D eigenvalue weighted by Crippen LogP contribution is 2.17. The predicted octanol–water partition coefficient (Wildman–Crippen LogP) is 2.83. The summed E-state index contributed by atoms with van der Waals surface area (Å²) in [6, 6.07) is 0. The van der Waals surface area contributed by atoms with Crippen LogP contribution in [-0.2, 0) is 9.53 Å². The molecule has 0 aliphatic heterocycles. The smallest absolute Gasteiger partial charge is 0.305 e. The molecule has 0 aromatic heterocycles. The fourth-order valence-corrected chi connectivity index (χ4v) is 0.464. The van der Waals surface area contributed by atoms with Gasteiger partial charge in [-0.2, -0.15) is 0 Å². The first-order valence-corrected chi connectivity index (χ1v) is 4.06. The highest BCUT2D eigenvalue weighted by Gasteiger charge is 2.02. The zero-order chi connectivity index (χ0) is 8.85. The molecular weight excluding hydrogens is 210 g/mol. The van der Waals surface area contributed by atoms with Gasteiger partial charge in [-0.1, -0.05) is 41.7 Å². The number of hydrogen-bond acceptors (Lipinski definition) is 2. The second-order valence-corrected chi connectivity index (χ2v) is 3.09. The Balaban J connectivity index is 3.72. The highest BCUT2D eigenvalue weighted by atomic mass is 35.5. The molecule has 0 unspecified atom stereocenters. The Kier molecular flexibility index (Phi) is 5.74. The third-order valence-electron chi connectivity index (χ3n) is 0.854. The van der Waals surface area contributed by atoms with Gasteiger partial charge in [-0.3, -0.25) is 4.79 Å². The summed E-state index contributed by atoms with van der Waals surface area (Å²) < 4.78 is 4.54. The molecule has 0 aliphatic carbocycles. The molecule has 2 nitrogen and oxygen atoms in total. The molecule has 0 atom stereocenters. The molecular formula is C6H7Cl3O2. The van der Waals surface area contributed by atoms with E-state index in [0.717, 1.165) is 0 Å². The molecule has 0 N–H and O–H groups in total. The number of carbonyl (C=O) groups is 1. The van der Waals surface area contributed by atoms with Crippen LogP contribution in [0.5, 0.6) is 0 Å². The minimum absolute atomic E-state index is 0.0590. The molecule has 0 radical (unpaired) electrons. The summed E-state index contributed by atoms with van der Waals surface area (Å²) in [5.41, 5.74) is 0. The third kappa shape index (κ3) is 5.36. The SMILES string of the molecule is CCC(=O)OCC(Cl)=C(Cl)Cl. The van der Waals surface area contributed by atoms with Crippen molar-refractivity contribution in [3.05, 3.63) is 9.52 Å². The second-order valence-electron chi connectivity index (χ2n) is 1.68. The first kappa shape index (κ1) is 11.1. The Morgan fingerprint density at radius 2 is 1.91 bits per heavy atom. The zero-order valence-electron chi connectivity index (χ0n) is 5.86. The molecule has 0 aliphatic rings. The quantitative estimate of drug-likeness (QED) is 0.680. The maximum atomic E-state index is 10.5. The molecule has 0 saturated carbocycles. The third-order valence-corrected chi connectivity index (χ3v) is 1.80. The summed E-state index contributed by atoms with van der Waals surface area (Å²) in [6.45, 7) is 1.62. The molecule has 0 rings (SSSR count). The van der Waals surface area contributed by atoms with Crippen LogP contribution in [0.1, 0.15) is 13.3 Å². The monoisotopic (exact) mass is 216 g/mol. The van der Waals surface area contributed by atoms with E-state index in [2.05, 4.69) is 4.74 Å². The van der Waals surface area contributed by atoms with Gasteiger partial charge in [0.15, 0.2) is 0 Å². The Labute approximate surface area is 80.1 Å². The van der Waals surface area contributed by atoms with Crippen LogP contribution in [-0.4, -0.2) is 12.6 Å². The van der Waals surface area contributed by atoms with Crippen LogP contribution >= 0.6 is 34.8 Å². The van der Waals surface area contributed by atoms with Crippen molar-refractivity contribution in [2.75, 3.05) is 6.61 Å². The van der Waals surface area contributed by atoms with E-state index in [9.17, 15) is 4.79 Å². The van der Waals surface area contributed by atoms with E-state index in [1.807, 2.05) is 0 Å². The summed E-state index contributed by atoms with van der Waals surface area (Å²) in [6.07, 6.45) is 0.310. The van der Waals surface area contributed by atoms with Gasteiger partial charge in [0.25, 0.3) is 0 Å². The average Bonchev–Trinajstić information content (AvgIpc) is 1.99. The van der Waals surface area contributed by atoms with Crippen molar-refractivity contribution in [1.82, 2.24) is 0 Å². The zero-order valence-corrected chi connectivity index (χ0v) is 8.13. The molecule has 0 aromatic carbocycles. The first-order chi connectivity index (χ1) is 5.07. The standard InChI is InChI=1S/C6H7Cl3O2/c1-2-5(10)11-3-4(7)6(8)9/h2-3H2,1H3. The number of esters is 1.